The standard InChI is InChI=1S/C8H8ClNO2S/c1-3-5-10-6(7(9)13-5)8(11)12-4-2/h3H,1,4H2,2H3. The molecule has 1 rings (SSSR count). The van der Waals surface area contributed by atoms with Gasteiger partial charge < -0.3 is 4.74 Å². The molecule has 1 heterocycles. The Kier molecular flexibility index (Phi) is 3.45. The van der Waals surface area contributed by atoms with Gasteiger partial charge >= 0.3 is 5.97 Å². The van der Waals surface area contributed by atoms with E-state index in [9.17, 15) is 4.79 Å². The van der Waals surface area contributed by atoms with Gasteiger partial charge in [-0.3, -0.25) is 0 Å². The van der Waals surface area contributed by atoms with Gasteiger partial charge in [0.1, 0.15) is 9.34 Å². The smallest absolute Gasteiger partial charge is 0.359 e. The summed E-state index contributed by atoms with van der Waals surface area (Å²) in [6, 6.07) is 0. The predicted octanol–water partition coefficient (Wildman–Crippen LogP) is 2.62. The summed E-state index contributed by atoms with van der Waals surface area (Å²) >= 11 is 6.97. The van der Waals surface area contributed by atoms with Gasteiger partial charge in [0.25, 0.3) is 0 Å². The second kappa shape index (κ2) is 4.39. The zero-order chi connectivity index (χ0) is 9.84. The predicted molar refractivity (Wildman–Crippen MR) is 53.2 cm³/mol. The Morgan fingerprint density at radius 2 is 2.54 bits per heavy atom. The summed E-state index contributed by atoms with van der Waals surface area (Å²) in [4.78, 5) is 15.1. The Labute approximate surface area is 85.0 Å². The summed E-state index contributed by atoms with van der Waals surface area (Å²) in [7, 11) is 0. The third-order valence-corrected chi connectivity index (χ3v) is 2.50. The molecule has 0 fully saturated rings. The van der Waals surface area contributed by atoms with Gasteiger partial charge in [-0.1, -0.05) is 18.2 Å². The molecule has 0 saturated carbocycles. The molecule has 0 aliphatic rings. The first-order valence-electron chi connectivity index (χ1n) is 3.65. The second-order valence-corrected chi connectivity index (χ2v) is 3.73. The van der Waals surface area contributed by atoms with E-state index in [-0.39, 0.29) is 5.69 Å². The Bertz CT molecular complexity index is 335. The van der Waals surface area contributed by atoms with Crippen molar-refractivity contribution in [3.8, 4) is 0 Å². The summed E-state index contributed by atoms with van der Waals surface area (Å²) in [5, 5.41) is 0.619. The molecule has 0 amide bonds. The van der Waals surface area contributed by atoms with Crippen molar-refractivity contribution in [1.29, 1.82) is 0 Å². The zero-order valence-corrected chi connectivity index (χ0v) is 8.61. The highest BCUT2D eigenvalue weighted by Gasteiger charge is 2.16. The number of carbonyl (C=O) groups is 1. The topological polar surface area (TPSA) is 39.2 Å². The first-order valence-corrected chi connectivity index (χ1v) is 4.84. The number of hydrogen-bond donors (Lipinski definition) is 0. The van der Waals surface area contributed by atoms with Gasteiger partial charge in [-0.25, -0.2) is 9.78 Å². The van der Waals surface area contributed by atoms with Crippen molar-refractivity contribution in [2.75, 3.05) is 6.61 Å². The Hall–Kier alpha value is -0.870. The lowest BCUT2D eigenvalue weighted by atomic mass is 10.5. The quantitative estimate of drug-likeness (QED) is 0.731. The molecule has 0 spiro atoms. The average molecular weight is 218 g/mol. The van der Waals surface area contributed by atoms with E-state index in [4.69, 9.17) is 16.3 Å². The maximum Gasteiger partial charge on any atom is 0.359 e. The van der Waals surface area contributed by atoms with E-state index in [2.05, 4.69) is 11.6 Å². The first-order chi connectivity index (χ1) is 6.19. The first kappa shape index (κ1) is 10.2. The average Bonchev–Trinajstić information content (AvgIpc) is 2.47. The minimum Gasteiger partial charge on any atom is -0.461 e. The molecule has 13 heavy (non-hydrogen) atoms. The molecule has 1 aromatic rings. The summed E-state index contributed by atoms with van der Waals surface area (Å²) < 4.78 is 5.09. The van der Waals surface area contributed by atoms with E-state index in [1.807, 2.05) is 0 Å². The fraction of sp³-hybridized carbons (Fsp3) is 0.250. The highest BCUT2D eigenvalue weighted by molar-refractivity contribution is 7.17. The molecule has 0 bridgehead atoms. The van der Waals surface area contributed by atoms with Crippen molar-refractivity contribution in [1.82, 2.24) is 4.98 Å². The molecule has 0 aliphatic carbocycles. The summed E-state index contributed by atoms with van der Waals surface area (Å²) in [5.41, 5.74) is 0.170. The molecule has 0 aliphatic heterocycles. The Morgan fingerprint density at radius 1 is 1.85 bits per heavy atom. The monoisotopic (exact) mass is 217 g/mol. The fourth-order valence-corrected chi connectivity index (χ4v) is 1.72. The van der Waals surface area contributed by atoms with E-state index in [1.54, 1.807) is 13.0 Å². The number of esters is 1. The van der Waals surface area contributed by atoms with Crippen molar-refractivity contribution >= 4 is 35.0 Å². The lowest BCUT2D eigenvalue weighted by Crippen LogP contribution is -2.05. The number of aromatic nitrogens is 1. The van der Waals surface area contributed by atoms with Crippen LogP contribution in [0, 0.1) is 0 Å². The second-order valence-electron chi connectivity index (χ2n) is 2.10. The van der Waals surface area contributed by atoms with Crippen molar-refractivity contribution in [3.63, 3.8) is 0 Å². The number of hydrogen-bond acceptors (Lipinski definition) is 4. The van der Waals surface area contributed by atoms with Crippen LogP contribution in [0.3, 0.4) is 0 Å². The van der Waals surface area contributed by atoms with E-state index in [1.165, 1.54) is 11.3 Å². The van der Waals surface area contributed by atoms with Gasteiger partial charge in [-0.2, -0.15) is 0 Å². The molecule has 0 aromatic carbocycles. The van der Waals surface area contributed by atoms with E-state index >= 15 is 0 Å². The third-order valence-electron chi connectivity index (χ3n) is 1.25. The normalized spacial score (nSPS) is 9.69. The van der Waals surface area contributed by atoms with Crippen molar-refractivity contribution in [3.05, 3.63) is 21.6 Å². The minimum absolute atomic E-state index is 0.170. The molecule has 0 saturated heterocycles. The van der Waals surface area contributed by atoms with E-state index in [0.717, 1.165) is 0 Å². The molecule has 1 aromatic heterocycles. The summed E-state index contributed by atoms with van der Waals surface area (Å²) in [6.07, 6.45) is 1.54. The number of carbonyl (C=O) groups excluding carboxylic acids is 1. The molecule has 0 N–H and O–H groups in total. The minimum atomic E-state index is -0.489. The molecule has 70 valence electrons. The molecular formula is C8H8ClNO2S. The van der Waals surface area contributed by atoms with Crippen LogP contribution < -0.4 is 0 Å². The van der Waals surface area contributed by atoms with Gasteiger partial charge in [-0.15, -0.1) is 11.3 Å². The maximum atomic E-state index is 11.2. The van der Waals surface area contributed by atoms with E-state index < -0.39 is 5.97 Å². The lowest BCUT2D eigenvalue weighted by molar-refractivity contribution is 0.0520. The van der Waals surface area contributed by atoms with Gasteiger partial charge in [0, 0.05) is 0 Å². The number of thiazole rings is 1. The van der Waals surface area contributed by atoms with Crippen LogP contribution in [0.25, 0.3) is 6.08 Å². The fourth-order valence-electron chi connectivity index (χ4n) is 0.730. The van der Waals surface area contributed by atoms with Crippen LogP contribution in [0.2, 0.25) is 4.34 Å². The Balaban J connectivity index is 2.93. The maximum absolute atomic E-state index is 11.2. The van der Waals surface area contributed by atoms with E-state index in [0.29, 0.717) is 16.0 Å². The summed E-state index contributed by atoms with van der Waals surface area (Å²) in [6.45, 7) is 5.57. The number of halogens is 1. The molecular weight excluding hydrogens is 210 g/mol. The van der Waals surface area contributed by atoms with Crippen LogP contribution in [-0.2, 0) is 4.74 Å². The van der Waals surface area contributed by atoms with Gasteiger partial charge in [-0.05, 0) is 13.0 Å². The zero-order valence-electron chi connectivity index (χ0n) is 7.04. The highest BCUT2D eigenvalue weighted by atomic mass is 35.5. The van der Waals surface area contributed by atoms with Gasteiger partial charge in [0.05, 0.1) is 6.61 Å². The van der Waals surface area contributed by atoms with Crippen LogP contribution in [0.5, 0.6) is 0 Å². The lowest BCUT2D eigenvalue weighted by Gasteiger charge is -1.96. The largest absolute Gasteiger partial charge is 0.461 e. The van der Waals surface area contributed by atoms with Crippen LogP contribution in [0.4, 0.5) is 0 Å². The Morgan fingerprint density at radius 3 is 3.00 bits per heavy atom. The number of ether oxygens (including phenoxy) is 1. The molecule has 0 unspecified atom stereocenters. The molecule has 0 atom stereocenters. The molecule has 0 radical (unpaired) electrons. The van der Waals surface area contributed by atoms with Crippen molar-refractivity contribution in [2.45, 2.75) is 6.92 Å². The van der Waals surface area contributed by atoms with Gasteiger partial charge in [0.15, 0.2) is 5.69 Å². The highest BCUT2D eigenvalue weighted by Crippen LogP contribution is 2.25. The third kappa shape index (κ3) is 2.29. The van der Waals surface area contributed by atoms with Crippen LogP contribution in [-0.4, -0.2) is 17.6 Å². The SMILES string of the molecule is C=Cc1nc(C(=O)OCC)c(Cl)s1. The van der Waals surface area contributed by atoms with Crippen molar-refractivity contribution in [2.24, 2.45) is 0 Å². The number of nitrogens with zero attached hydrogens (tertiary/aromatic N) is 1. The van der Waals surface area contributed by atoms with Crippen molar-refractivity contribution < 1.29 is 9.53 Å². The van der Waals surface area contributed by atoms with Crippen LogP contribution in [0.15, 0.2) is 6.58 Å². The van der Waals surface area contributed by atoms with Crippen LogP contribution in [0.1, 0.15) is 22.4 Å². The van der Waals surface area contributed by atoms with Crippen LogP contribution >= 0.6 is 22.9 Å². The molecule has 5 heteroatoms. The number of rotatable bonds is 3. The van der Waals surface area contributed by atoms with Gasteiger partial charge in [0.2, 0.25) is 0 Å². The summed E-state index contributed by atoms with van der Waals surface area (Å²) in [5.74, 6) is -0.489. The molecule has 3 nitrogen and oxygen atoms in total.